The number of nitrogens with zero attached hydrogens (tertiary/aromatic N) is 2. The first-order chi connectivity index (χ1) is 12.8. The average molecular weight is 385 g/mol. The van der Waals surface area contributed by atoms with Gasteiger partial charge in [-0.2, -0.15) is 18.2 Å². The largest absolute Gasteiger partial charge is 0.481 e. The summed E-state index contributed by atoms with van der Waals surface area (Å²) < 4.78 is 41.6. The minimum absolute atomic E-state index is 0.142. The standard InChI is InChI=1S/C17H18F3N3O4/c18-17(19,20)16-22-14(23-27-16)11-6-8-12(9-7-11)15(26)21-10-4-2-1-3-5-13(24)25/h6-9H,1-5,10H2,(H,21,26)(H,24,25). The molecule has 0 saturated carbocycles. The third kappa shape index (κ3) is 6.39. The molecule has 0 bridgehead atoms. The lowest BCUT2D eigenvalue weighted by Crippen LogP contribution is -2.24. The average Bonchev–Trinajstić information content (AvgIpc) is 3.11. The number of hydrogen-bond acceptors (Lipinski definition) is 5. The van der Waals surface area contributed by atoms with Crippen LogP contribution in [0.1, 0.15) is 48.4 Å². The first-order valence-electron chi connectivity index (χ1n) is 8.28. The van der Waals surface area contributed by atoms with Crippen LogP contribution >= 0.6 is 0 Å². The lowest BCUT2D eigenvalue weighted by atomic mass is 10.1. The summed E-state index contributed by atoms with van der Waals surface area (Å²) in [6.45, 7) is 0.452. The number of aromatic nitrogens is 2. The topological polar surface area (TPSA) is 105 Å². The summed E-state index contributed by atoms with van der Waals surface area (Å²) >= 11 is 0. The van der Waals surface area contributed by atoms with E-state index < -0.39 is 18.0 Å². The Morgan fingerprint density at radius 2 is 1.74 bits per heavy atom. The van der Waals surface area contributed by atoms with E-state index in [1.807, 2.05) is 0 Å². The van der Waals surface area contributed by atoms with Crippen LogP contribution in [-0.4, -0.2) is 33.7 Å². The van der Waals surface area contributed by atoms with Gasteiger partial charge in [-0.15, -0.1) is 0 Å². The normalized spacial score (nSPS) is 11.4. The van der Waals surface area contributed by atoms with Crippen molar-refractivity contribution in [1.29, 1.82) is 0 Å². The molecule has 0 radical (unpaired) electrons. The smallest absolute Gasteiger partial charge is 0.471 e. The fourth-order valence-corrected chi connectivity index (χ4v) is 2.29. The second-order valence-corrected chi connectivity index (χ2v) is 5.81. The second-order valence-electron chi connectivity index (χ2n) is 5.81. The van der Waals surface area contributed by atoms with E-state index in [1.165, 1.54) is 24.3 Å². The van der Waals surface area contributed by atoms with Gasteiger partial charge in [-0.3, -0.25) is 9.59 Å². The third-order valence-electron chi connectivity index (χ3n) is 3.68. The SMILES string of the molecule is O=C(O)CCCCCCNC(=O)c1ccc(-c2noc(C(F)(F)F)n2)cc1. The zero-order chi connectivity index (χ0) is 19.9. The van der Waals surface area contributed by atoms with Crippen LogP contribution in [-0.2, 0) is 11.0 Å². The van der Waals surface area contributed by atoms with Crippen molar-refractivity contribution in [1.82, 2.24) is 15.5 Å². The Hall–Kier alpha value is -2.91. The molecular formula is C17H18F3N3O4. The lowest BCUT2D eigenvalue weighted by molar-refractivity contribution is -0.159. The minimum atomic E-state index is -4.71. The summed E-state index contributed by atoms with van der Waals surface area (Å²) in [5.41, 5.74) is 0.647. The van der Waals surface area contributed by atoms with Crippen LogP contribution < -0.4 is 5.32 Å². The molecule has 0 unspecified atom stereocenters. The molecule has 0 aliphatic carbocycles. The molecule has 1 amide bonds. The number of unbranched alkanes of at least 4 members (excludes halogenated alkanes) is 3. The van der Waals surface area contributed by atoms with Gasteiger partial charge in [0.15, 0.2) is 0 Å². The maximum atomic E-state index is 12.5. The van der Waals surface area contributed by atoms with Gasteiger partial charge >= 0.3 is 18.0 Å². The van der Waals surface area contributed by atoms with Crippen LogP contribution in [0.15, 0.2) is 28.8 Å². The number of carbonyl (C=O) groups excluding carboxylic acids is 1. The van der Waals surface area contributed by atoms with E-state index in [0.717, 1.165) is 19.3 Å². The monoisotopic (exact) mass is 385 g/mol. The van der Waals surface area contributed by atoms with Crippen molar-refractivity contribution >= 4 is 11.9 Å². The molecule has 0 aliphatic heterocycles. The molecule has 2 aromatic rings. The Balaban J connectivity index is 1.80. The molecule has 2 rings (SSSR count). The maximum absolute atomic E-state index is 12.5. The van der Waals surface area contributed by atoms with Crippen molar-refractivity contribution < 1.29 is 32.4 Å². The lowest BCUT2D eigenvalue weighted by Gasteiger charge is -2.05. The summed E-state index contributed by atoms with van der Waals surface area (Å²) in [6.07, 6.45) is -1.64. The number of alkyl halides is 3. The summed E-state index contributed by atoms with van der Waals surface area (Å²) in [6, 6.07) is 5.79. The molecule has 0 saturated heterocycles. The van der Waals surface area contributed by atoms with E-state index in [4.69, 9.17) is 5.11 Å². The molecule has 10 heteroatoms. The van der Waals surface area contributed by atoms with Crippen molar-refractivity contribution in [2.75, 3.05) is 6.54 Å². The molecule has 1 aromatic heterocycles. The molecule has 0 fully saturated rings. The highest BCUT2D eigenvalue weighted by Crippen LogP contribution is 2.29. The summed E-state index contributed by atoms with van der Waals surface area (Å²) in [7, 11) is 0. The number of aliphatic carboxylic acids is 1. The van der Waals surface area contributed by atoms with Gasteiger partial charge in [0.05, 0.1) is 0 Å². The number of halogens is 3. The number of carboxylic acids is 1. The van der Waals surface area contributed by atoms with Gasteiger partial charge < -0.3 is 14.9 Å². The predicted molar refractivity (Wildman–Crippen MR) is 87.8 cm³/mol. The fraction of sp³-hybridized carbons (Fsp3) is 0.412. The number of hydrogen-bond donors (Lipinski definition) is 2. The first-order valence-corrected chi connectivity index (χ1v) is 8.28. The number of carbonyl (C=O) groups is 2. The quantitative estimate of drug-likeness (QED) is 0.640. The molecule has 0 aliphatic rings. The molecule has 1 heterocycles. The van der Waals surface area contributed by atoms with Crippen molar-refractivity contribution in [3.8, 4) is 11.4 Å². The van der Waals surface area contributed by atoms with E-state index in [1.54, 1.807) is 0 Å². The predicted octanol–water partition coefficient (Wildman–Crippen LogP) is 3.52. The summed E-state index contributed by atoms with van der Waals surface area (Å²) in [5.74, 6) is -2.77. The number of rotatable bonds is 9. The molecular weight excluding hydrogens is 367 g/mol. The Bertz CT molecular complexity index is 772. The number of amides is 1. The fourth-order valence-electron chi connectivity index (χ4n) is 2.29. The van der Waals surface area contributed by atoms with Gasteiger partial charge in [0.2, 0.25) is 5.82 Å². The molecule has 27 heavy (non-hydrogen) atoms. The van der Waals surface area contributed by atoms with E-state index >= 15 is 0 Å². The molecule has 2 N–H and O–H groups in total. The van der Waals surface area contributed by atoms with Crippen LogP contribution in [0.25, 0.3) is 11.4 Å². The highest BCUT2D eigenvalue weighted by atomic mass is 19.4. The van der Waals surface area contributed by atoms with Gasteiger partial charge in [-0.1, -0.05) is 30.1 Å². The number of nitrogens with one attached hydrogen (secondary N) is 1. The Morgan fingerprint density at radius 3 is 2.33 bits per heavy atom. The molecule has 1 aromatic carbocycles. The van der Waals surface area contributed by atoms with Crippen molar-refractivity contribution in [2.24, 2.45) is 0 Å². The van der Waals surface area contributed by atoms with Gasteiger partial charge in [0, 0.05) is 24.1 Å². The van der Waals surface area contributed by atoms with Crippen LogP contribution in [0.5, 0.6) is 0 Å². The van der Waals surface area contributed by atoms with Crippen molar-refractivity contribution in [3.63, 3.8) is 0 Å². The second kappa shape index (κ2) is 9.15. The van der Waals surface area contributed by atoms with Crippen LogP contribution in [0.4, 0.5) is 13.2 Å². The van der Waals surface area contributed by atoms with E-state index in [2.05, 4.69) is 20.0 Å². The van der Waals surface area contributed by atoms with Crippen molar-refractivity contribution in [3.05, 3.63) is 35.7 Å². The molecule has 146 valence electrons. The van der Waals surface area contributed by atoms with Crippen LogP contribution in [0.3, 0.4) is 0 Å². The Morgan fingerprint density at radius 1 is 1.07 bits per heavy atom. The third-order valence-corrected chi connectivity index (χ3v) is 3.68. The van der Waals surface area contributed by atoms with E-state index in [9.17, 15) is 22.8 Å². The van der Waals surface area contributed by atoms with Crippen molar-refractivity contribution in [2.45, 2.75) is 38.3 Å². The van der Waals surface area contributed by atoms with Crippen LogP contribution in [0, 0.1) is 0 Å². The highest BCUT2D eigenvalue weighted by molar-refractivity contribution is 5.94. The summed E-state index contributed by atoms with van der Waals surface area (Å²) in [4.78, 5) is 25.7. The van der Waals surface area contributed by atoms with Gasteiger partial charge in [0.25, 0.3) is 5.91 Å². The maximum Gasteiger partial charge on any atom is 0.471 e. The van der Waals surface area contributed by atoms with Gasteiger partial charge in [0.1, 0.15) is 0 Å². The zero-order valence-electron chi connectivity index (χ0n) is 14.3. The first kappa shape index (κ1) is 20.4. The van der Waals surface area contributed by atoms with Gasteiger partial charge in [-0.25, -0.2) is 0 Å². The molecule has 0 atom stereocenters. The highest BCUT2D eigenvalue weighted by Gasteiger charge is 2.38. The Kier molecular flexibility index (Phi) is 6.91. The zero-order valence-corrected chi connectivity index (χ0v) is 14.3. The molecule has 7 nitrogen and oxygen atoms in total. The Labute approximate surface area is 152 Å². The summed E-state index contributed by atoms with van der Waals surface area (Å²) in [5, 5.41) is 14.5. The van der Waals surface area contributed by atoms with Gasteiger partial charge in [-0.05, 0) is 25.0 Å². The van der Waals surface area contributed by atoms with Crippen LogP contribution in [0.2, 0.25) is 0 Å². The minimum Gasteiger partial charge on any atom is -0.481 e. The van der Waals surface area contributed by atoms with E-state index in [-0.39, 0.29) is 18.2 Å². The van der Waals surface area contributed by atoms with E-state index in [0.29, 0.717) is 24.1 Å². The number of carboxylic acid groups (broad SMARTS) is 1. The number of benzene rings is 1. The molecule has 0 spiro atoms.